The number of aromatic nitrogens is 2. The first-order chi connectivity index (χ1) is 9.21. The summed E-state index contributed by atoms with van der Waals surface area (Å²) >= 11 is 0. The summed E-state index contributed by atoms with van der Waals surface area (Å²) in [4.78, 5) is 0. The number of rotatable bonds is 9. The Labute approximate surface area is 118 Å². The van der Waals surface area contributed by atoms with Gasteiger partial charge in [0.1, 0.15) is 0 Å². The van der Waals surface area contributed by atoms with E-state index >= 15 is 0 Å². The lowest BCUT2D eigenvalue weighted by atomic mass is 9.99. The van der Waals surface area contributed by atoms with Crippen molar-refractivity contribution in [2.45, 2.75) is 79.3 Å². The number of aryl methyl sites for hydroxylation is 1. The van der Waals surface area contributed by atoms with Crippen molar-refractivity contribution in [3.63, 3.8) is 0 Å². The van der Waals surface area contributed by atoms with Crippen LogP contribution in [0.15, 0.2) is 0 Å². The molecule has 1 heterocycles. The molecule has 1 rings (SSSR count). The lowest BCUT2D eigenvalue weighted by Crippen LogP contribution is -2.14. The van der Waals surface area contributed by atoms with Crippen LogP contribution in [0, 0.1) is 5.92 Å². The highest BCUT2D eigenvalue weighted by Gasteiger charge is 2.16. The van der Waals surface area contributed by atoms with Crippen LogP contribution < -0.4 is 5.73 Å². The normalized spacial score (nSPS) is 12.9. The van der Waals surface area contributed by atoms with Crippen molar-refractivity contribution in [2.75, 3.05) is 0 Å². The lowest BCUT2D eigenvalue weighted by molar-refractivity contribution is 0.365. The smallest absolute Gasteiger partial charge is 0.0669 e. The minimum Gasteiger partial charge on any atom is -0.326 e. The van der Waals surface area contributed by atoms with E-state index in [0.717, 1.165) is 25.3 Å². The number of hydrogen-bond acceptors (Lipinski definition) is 2. The molecule has 0 aliphatic heterocycles. The third-order valence-corrected chi connectivity index (χ3v) is 4.10. The average molecular weight is 265 g/mol. The Morgan fingerprint density at radius 3 is 2.37 bits per heavy atom. The van der Waals surface area contributed by atoms with E-state index in [0.29, 0.717) is 6.54 Å². The fourth-order valence-electron chi connectivity index (χ4n) is 2.82. The van der Waals surface area contributed by atoms with Crippen LogP contribution in [0.1, 0.15) is 70.3 Å². The Balaban J connectivity index is 2.89. The highest BCUT2D eigenvalue weighted by atomic mass is 15.3. The van der Waals surface area contributed by atoms with E-state index in [4.69, 9.17) is 10.8 Å². The summed E-state index contributed by atoms with van der Waals surface area (Å²) in [5.41, 5.74) is 9.75. The molecule has 0 saturated carbocycles. The van der Waals surface area contributed by atoms with Crippen LogP contribution in [-0.4, -0.2) is 9.78 Å². The van der Waals surface area contributed by atoms with E-state index in [1.54, 1.807) is 0 Å². The highest BCUT2D eigenvalue weighted by Crippen LogP contribution is 2.20. The van der Waals surface area contributed by atoms with Gasteiger partial charge in [-0.2, -0.15) is 5.10 Å². The highest BCUT2D eigenvalue weighted by molar-refractivity contribution is 5.26. The maximum atomic E-state index is 5.91. The van der Waals surface area contributed by atoms with Crippen LogP contribution in [0.3, 0.4) is 0 Å². The molecular formula is C16H31N3. The SMILES string of the molecule is CCCCC(CC)Cn1nc(CC)c(CN)c1CC. The molecule has 1 aromatic rings. The molecule has 0 saturated heterocycles. The molecule has 1 aromatic heterocycles. The first kappa shape index (κ1) is 16.2. The summed E-state index contributed by atoms with van der Waals surface area (Å²) < 4.78 is 2.24. The van der Waals surface area contributed by atoms with Crippen molar-refractivity contribution in [1.29, 1.82) is 0 Å². The Hall–Kier alpha value is -0.830. The number of hydrogen-bond donors (Lipinski definition) is 1. The first-order valence-corrected chi connectivity index (χ1v) is 7.99. The van der Waals surface area contributed by atoms with Gasteiger partial charge in [0, 0.05) is 24.3 Å². The van der Waals surface area contributed by atoms with Gasteiger partial charge in [-0.1, -0.05) is 47.0 Å². The predicted octanol–water partition coefficient (Wildman–Crippen LogP) is 3.68. The van der Waals surface area contributed by atoms with Crippen molar-refractivity contribution in [3.05, 3.63) is 17.0 Å². The zero-order chi connectivity index (χ0) is 14.3. The Morgan fingerprint density at radius 1 is 1.16 bits per heavy atom. The number of unbranched alkanes of at least 4 members (excludes halogenated alkanes) is 1. The second kappa shape index (κ2) is 8.36. The van der Waals surface area contributed by atoms with Crippen LogP contribution in [0.5, 0.6) is 0 Å². The van der Waals surface area contributed by atoms with E-state index in [1.165, 1.54) is 42.6 Å². The van der Waals surface area contributed by atoms with E-state index in [9.17, 15) is 0 Å². The second-order valence-electron chi connectivity index (χ2n) is 5.38. The quantitative estimate of drug-likeness (QED) is 0.740. The molecule has 0 spiro atoms. The zero-order valence-electron chi connectivity index (χ0n) is 13.2. The average Bonchev–Trinajstić information content (AvgIpc) is 2.79. The molecular weight excluding hydrogens is 234 g/mol. The van der Waals surface area contributed by atoms with Crippen LogP contribution in [0.4, 0.5) is 0 Å². The van der Waals surface area contributed by atoms with Gasteiger partial charge in [-0.05, 0) is 25.2 Å². The summed E-state index contributed by atoms with van der Waals surface area (Å²) in [5.74, 6) is 0.750. The maximum absolute atomic E-state index is 5.91. The van der Waals surface area contributed by atoms with E-state index < -0.39 is 0 Å². The van der Waals surface area contributed by atoms with Gasteiger partial charge in [0.25, 0.3) is 0 Å². The molecule has 0 aliphatic carbocycles. The second-order valence-corrected chi connectivity index (χ2v) is 5.38. The van der Waals surface area contributed by atoms with Gasteiger partial charge in [0.05, 0.1) is 5.69 Å². The summed E-state index contributed by atoms with van der Waals surface area (Å²) in [6, 6.07) is 0. The standard InChI is InChI=1S/C16H31N3/c1-5-9-10-13(6-2)12-19-16(8-4)14(11-17)15(7-3)18-19/h13H,5-12,17H2,1-4H3. The van der Waals surface area contributed by atoms with Crippen molar-refractivity contribution < 1.29 is 0 Å². The molecule has 1 atom stereocenters. The molecule has 110 valence electrons. The molecule has 3 nitrogen and oxygen atoms in total. The van der Waals surface area contributed by atoms with Crippen LogP contribution in [0.25, 0.3) is 0 Å². The third kappa shape index (κ3) is 4.07. The van der Waals surface area contributed by atoms with Crippen molar-refractivity contribution in [1.82, 2.24) is 9.78 Å². The van der Waals surface area contributed by atoms with E-state index in [1.807, 2.05) is 0 Å². The fraction of sp³-hybridized carbons (Fsp3) is 0.812. The molecule has 0 amide bonds. The summed E-state index contributed by atoms with van der Waals surface area (Å²) in [5, 5.41) is 4.80. The zero-order valence-corrected chi connectivity index (χ0v) is 13.2. The topological polar surface area (TPSA) is 43.8 Å². The van der Waals surface area contributed by atoms with Gasteiger partial charge >= 0.3 is 0 Å². The van der Waals surface area contributed by atoms with Crippen LogP contribution in [0.2, 0.25) is 0 Å². The largest absolute Gasteiger partial charge is 0.326 e. The molecule has 0 bridgehead atoms. The number of nitrogens with two attached hydrogens (primary N) is 1. The number of nitrogens with zero attached hydrogens (tertiary/aromatic N) is 2. The lowest BCUT2D eigenvalue weighted by Gasteiger charge is -2.16. The minimum absolute atomic E-state index is 0.623. The fourth-order valence-corrected chi connectivity index (χ4v) is 2.82. The van der Waals surface area contributed by atoms with E-state index in [-0.39, 0.29) is 0 Å². The molecule has 2 N–H and O–H groups in total. The molecule has 1 unspecified atom stereocenters. The Bertz CT molecular complexity index is 368. The van der Waals surface area contributed by atoms with Gasteiger partial charge in [-0.15, -0.1) is 0 Å². The molecule has 0 aromatic carbocycles. The van der Waals surface area contributed by atoms with Crippen molar-refractivity contribution in [3.8, 4) is 0 Å². The molecule has 19 heavy (non-hydrogen) atoms. The monoisotopic (exact) mass is 265 g/mol. The van der Waals surface area contributed by atoms with Gasteiger partial charge in [-0.3, -0.25) is 4.68 Å². The van der Waals surface area contributed by atoms with E-state index in [2.05, 4.69) is 32.4 Å². The van der Waals surface area contributed by atoms with Gasteiger partial charge in [0.2, 0.25) is 0 Å². The Morgan fingerprint density at radius 2 is 1.89 bits per heavy atom. The Kier molecular flexibility index (Phi) is 7.14. The molecule has 0 fully saturated rings. The third-order valence-electron chi connectivity index (χ3n) is 4.10. The molecule has 0 radical (unpaired) electrons. The van der Waals surface area contributed by atoms with Crippen molar-refractivity contribution >= 4 is 0 Å². The van der Waals surface area contributed by atoms with Crippen LogP contribution >= 0.6 is 0 Å². The van der Waals surface area contributed by atoms with Gasteiger partial charge in [-0.25, -0.2) is 0 Å². The first-order valence-electron chi connectivity index (χ1n) is 7.99. The maximum Gasteiger partial charge on any atom is 0.0669 e. The van der Waals surface area contributed by atoms with Gasteiger partial charge < -0.3 is 5.73 Å². The summed E-state index contributed by atoms with van der Waals surface area (Å²) in [6.07, 6.45) is 7.18. The minimum atomic E-state index is 0.623. The van der Waals surface area contributed by atoms with Gasteiger partial charge in [0.15, 0.2) is 0 Å². The molecule has 3 heteroatoms. The van der Waals surface area contributed by atoms with Crippen LogP contribution in [-0.2, 0) is 25.9 Å². The predicted molar refractivity (Wildman–Crippen MR) is 82.2 cm³/mol. The molecule has 0 aliphatic rings. The summed E-state index contributed by atoms with van der Waals surface area (Å²) in [6.45, 7) is 10.6. The summed E-state index contributed by atoms with van der Waals surface area (Å²) in [7, 11) is 0. The van der Waals surface area contributed by atoms with Crippen molar-refractivity contribution in [2.24, 2.45) is 11.7 Å².